The van der Waals surface area contributed by atoms with Crippen LogP contribution in [0.1, 0.15) is 15.9 Å². The van der Waals surface area contributed by atoms with Crippen molar-refractivity contribution in [1.29, 1.82) is 0 Å². The van der Waals surface area contributed by atoms with Gasteiger partial charge in [-0.3, -0.25) is 4.79 Å². The lowest BCUT2D eigenvalue weighted by molar-refractivity contribution is 0.103. The van der Waals surface area contributed by atoms with Crippen LogP contribution in [0.25, 0.3) is 0 Å². The smallest absolute Gasteiger partial charge is 0.197 e. The van der Waals surface area contributed by atoms with E-state index in [0.717, 1.165) is 0 Å². The maximum Gasteiger partial charge on any atom is 0.197 e. The summed E-state index contributed by atoms with van der Waals surface area (Å²) in [6.07, 6.45) is 0. The number of ketones is 1. The first kappa shape index (κ1) is 16.2. The van der Waals surface area contributed by atoms with Crippen LogP contribution in [0.15, 0.2) is 24.3 Å². The molecule has 0 aliphatic rings. The second-order valence-electron chi connectivity index (χ2n) is 3.77. The average Bonchev–Trinajstić information content (AvgIpc) is 2.39. The van der Waals surface area contributed by atoms with Gasteiger partial charge in [-0.05, 0) is 18.2 Å². The number of hydrogen-bond acceptors (Lipinski definition) is 1. The van der Waals surface area contributed by atoms with Crippen molar-refractivity contribution >= 4 is 75.4 Å². The highest BCUT2D eigenvalue weighted by Crippen LogP contribution is 2.39. The number of halogens is 6. The van der Waals surface area contributed by atoms with E-state index in [4.69, 9.17) is 69.6 Å². The first-order valence-electron chi connectivity index (χ1n) is 5.16. The summed E-state index contributed by atoms with van der Waals surface area (Å²) in [6.45, 7) is 0. The average molecular weight is 389 g/mol. The molecule has 0 aliphatic heterocycles. The van der Waals surface area contributed by atoms with E-state index in [9.17, 15) is 4.79 Å². The maximum absolute atomic E-state index is 12.5. The van der Waals surface area contributed by atoms with Crippen molar-refractivity contribution in [3.8, 4) is 0 Å². The fourth-order valence-corrected chi connectivity index (χ4v) is 3.06. The van der Waals surface area contributed by atoms with Crippen molar-refractivity contribution in [3.63, 3.8) is 0 Å². The van der Waals surface area contributed by atoms with Gasteiger partial charge in [-0.25, -0.2) is 0 Å². The van der Waals surface area contributed by atoms with Gasteiger partial charge in [0.15, 0.2) is 5.78 Å². The van der Waals surface area contributed by atoms with Crippen LogP contribution in [0.2, 0.25) is 30.1 Å². The summed E-state index contributed by atoms with van der Waals surface area (Å²) in [5.74, 6) is -0.480. The van der Waals surface area contributed by atoms with Crippen molar-refractivity contribution in [3.05, 3.63) is 65.5 Å². The van der Waals surface area contributed by atoms with Crippen LogP contribution < -0.4 is 0 Å². The first-order valence-corrected chi connectivity index (χ1v) is 7.43. The predicted octanol–water partition coefficient (Wildman–Crippen LogP) is 6.84. The minimum Gasteiger partial charge on any atom is -0.288 e. The Morgan fingerprint density at radius 3 is 2.05 bits per heavy atom. The van der Waals surface area contributed by atoms with Gasteiger partial charge in [0.1, 0.15) is 0 Å². The Kier molecular flexibility index (Phi) is 5.12. The van der Waals surface area contributed by atoms with Gasteiger partial charge in [-0.1, -0.05) is 75.7 Å². The van der Waals surface area contributed by atoms with E-state index in [-0.39, 0.29) is 41.3 Å². The van der Waals surface area contributed by atoms with Crippen LogP contribution in [-0.4, -0.2) is 5.78 Å². The highest BCUT2D eigenvalue weighted by atomic mass is 35.5. The molecule has 0 unspecified atom stereocenters. The van der Waals surface area contributed by atoms with Crippen molar-refractivity contribution in [1.82, 2.24) is 0 Å². The maximum atomic E-state index is 12.5. The van der Waals surface area contributed by atoms with Gasteiger partial charge < -0.3 is 0 Å². The molecular weight excluding hydrogens is 385 g/mol. The third-order valence-corrected chi connectivity index (χ3v) is 4.92. The summed E-state index contributed by atoms with van der Waals surface area (Å²) in [5.41, 5.74) is 0.216. The van der Waals surface area contributed by atoms with Crippen LogP contribution in [0.5, 0.6) is 0 Å². The molecular formula is C13H4Cl6O. The molecule has 0 aromatic heterocycles. The van der Waals surface area contributed by atoms with E-state index in [1.54, 1.807) is 12.1 Å². The lowest BCUT2D eigenvalue weighted by Gasteiger charge is -2.10. The highest BCUT2D eigenvalue weighted by molar-refractivity contribution is 6.52. The number of benzene rings is 2. The Balaban J connectivity index is 2.66. The van der Waals surface area contributed by atoms with E-state index in [0.29, 0.717) is 0 Å². The number of carbonyl (C=O) groups is 1. The summed E-state index contributed by atoms with van der Waals surface area (Å²) in [6, 6.07) is 6.04. The molecule has 2 rings (SSSR count). The molecule has 0 saturated heterocycles. The molecule has 0 bridgehead atoms. The normalized spacial score (nSPS) is 10.7. The van der Waals surface area contributed by atoms with Gasteiger partial charge in [0.2, 0.25) is 0 Å². The van der Waals surface area contributed by atoms with Crippen molar-refractivity contribution in [2.45, 2.75) is 0 Å². The molecule has 0 atom stereocenters. The van der Waals surface area contributed by atoms with Crippen molar-refractivity contribution < 1.29 is 4.79 Å². The molecule has 0 heterocycles. The second-order valence-corrected chi connectivity index (χ2v) is 6.13. The zero-order valence-electron chi connectivity index (χ0n) is 9.49. The molecule has 0 N–H and O–H groups in total. The molecule has 2 aromatic rings. The number of rotatable bonds is 2. The predicted molar refractivity (Wildman–Crippen MR) is 86.4 cm³/mol. The highest BCUT2D eigenvalue weighted by Gasteiger charge is 2.23. The van der Waals surface area contributed by atoms with Gasteiger partial charge in [0, 0.05) is 5.56 Å². The Labute approximate surface area is 145 Å². The molecule has 104 valence electrons. The van der Waals surface area contributed by atoms with Gasteiger partial charge in [-0.2, -0.15) is 0 Å². The third-order valence-electron chi connectivity index (χ3n) is 2.54. The monoisotopic (exact) mass is 386 g/mol. The fraction of sp³-hybridized carbons (Fsp3) is 0. The minimum absolute atomic E-state index is 0.0230. The second kappa shape index (κ2) is 6.31. The van der Waals surface area contributed by atoms with E-state index >= 15 is 0 Å². The Bertz CT molecular complexity index is 710. The molecule has 0 amide bonds. The molecule has 0 aliphatic carbocycles. The fourth-order valence-electron chi connectivity index (χ4n) is 1.59. The summed E-state index contributed by atoms with van der Waals surface area (Å²) >= 11 is 35.7. The van der Waals surface area contributed by atoms with Crippen LogP contribution in [-0.2, 0) is 0 Å². The van der Waals surface area contributed by atoms with E-state index in [1.165, 1.54) is 12.1 Å². The van der Waals surface area contributed by atoms with Crippen LogP contribution >= 0.6 is 69.6 Å². The lowest BCUT2D eigenvalue weighted by Crippen LogP contribution is -2.05. The molecule has 0 spiro atoms. The molecule has 1 nitrogen and oxygen atoms in total. The topological polar surface area (TPSA) is 17.1 Å². The molecule has 0 radical (unpaired) electrons. The van der Waals surface area contributed by atoms with Crippen LogP contribution in [0.3, 0.4) is 0 Å². The quantitative estimate of drug-likeness (QED) is 0.312. The van der Waals surface area contributed by atoms with Gasteiger partial charge >= 0.3 is 0 Å². The molecule has 2 aromatic carbocycles. The van der Waals surface area contributed by atoms with E-state index in [1.807, 2.05) is 0 Å². The Morgan fingerprint density at radius 2 is 1.40 bits per heavy atom. The zero-order chi connectivity index (χ0) is 15.0. The van der Waals surface area contributed by atoms with Crippen molar-refractivity contribution in [2.75, 3.05) is 0 Å². The van der Waals surface area contributed by atoms with Gasteiger partial charge in [0.25, 0.3) is 0 Å². The van der Waals surface area contributed by atoms with E-state index in [2.05, 4.69) is 0 Å². The SMILES string of the molecule is O=C(c1cccc(Cl)c1Cl)c1c(Cl)cc(Cl)c(Cl)c1Cl. The van der Waals surface area contributed by atoms with Gasteiger partial charge in [0.05, 0.1) is 35.7 Å². The Morgan fingerprint density at radius 1 is 0.750 bits per heavy atom. The third kappa shape index (κ3) is 2.89. The minimum atomic E-state index is -0.480. The lowest BCUT2D eigenvalue weighted by atomic mass is 10.0. The Hall–Kier alpha value is -0.150. The van der Waals surface area contributed by atoms with E-state index < -0.39 is 5.78 Å². The molecule has 7 heteroatoms. The van der Waals surface area contributed by atoms with Crippen LogP contribution in [0, 0.1) is 0 Å². The molecule has 20 heavy (non-hydrogen) atoms. The molecule has 0 saturated carbocycles. The molecule has 0 fully saturated rings. The van der Waals surface area contributed by atoms with Crippen molar-refractivity contribution in [2.24, 2.45) is 0 Å². The zero-order valence-corrected chi connectivity index (χ0v) is 14.0. The standard InChI is InChI=1S/C13H4Cl6O/c14-6-3-1-2-5(10(6)17)13(20)9-7(15)4-8(16)11(18)12(9)19/h1-4H. The number of carbonyl (C=O) groups excluding carboxylic acids is 1. The summed E-state index contributed by atoms with van der Waals surface area (Å²) in [4.78, 5) is 12.5. The summed E-state index contributed by atoms with van der Waals surface area (Å²) in [5, 5.41) is 0.660. The number of hydrogen-bond donors (Lipinski definition) is 0. The summed E-state index contributed by atoms with van der Waals surface area (Å²) < 4.78 is 0. The summed E-state index contributed by atoms with van der Waals surface area (Å²) in [7, 11) is 0. The largest absolute Gasteiger partial charge is 0.288 e. The van der Waals surface area contributed by atoms with Crippen LogP contribution in [0.4, 0.5) is 0 Å². The first-order chi connectivity index (χ1) is 9.34. The van der Waals surface area contributed by atoms with Gasteiger partial charge in [-0.15, -0.1) is 0 Å².